The van der Waals surface area contributed by atoms with Gasteiger partial charge in [0.2, 0.25) is 5.91 Å². The number of amides is 3. The molecule has 156 valence electrons. The van der Waals surface area contributed by atoms with Crippen molar-refractivity contribution in [1.82, 2.24) is 9.80 Å². The Kier molecular flexibility index (Phi) is 5.76. The third kappa shape index (κ3) is 4.05. The molecule has 0 N–H and O–H groups in total. The SMILES string of the molecule is COc1ccc(CN2C(=O)CC[C@H](N3C[C@H](c4ccc(Br)cc4)OC3=O)C2=O)cc1. The predicted octanol–water partition coefficient (Wildman–Crippen LogP) is 3.67. The molecule has 30 heavy (non-hydrogen) atoms. The van der Waals surface area contributed by atoms with E-state index in [2.05, 4.69) is 15.9 Å². The third-order valence-corrected chi connectivity index (χ3v) is 5.97. The maximum atomic E-state index is 13.1. The second-order valence-electron chi connectivity index (χ2n) is 7.30. The first-order valence-electron chi connectivity index (χ1n) is 9.66. The summed E-state index contributed by atoms with van der Waals surface area (Å²) in [5.74, 6) is 0.103. The lowest BCUT2D eigenvalue weighted by Crippen LogP contribution is -2.54. The molecule has 0 radical (unpaired) electrons. The van der Waals surface area contributed by atoms with Crippen molar-refractivity contribution in [2.24, 2.45) is 0 Å². The normalized spacial score (nSPS) is 21.7. The molecule has 7 nitrogen and oxygen atoms in total. The molecule has 0 unspecified atom stereocenters. The molecule has 0 aromatic heterocycles. The lowest BCUT2D eigenvalue weighted by Gasteiger charge is -2.34. The Balaban J connectivity index is 1.48. The van der Waals surface area contributed by atoms with Crippen molar-refractivity contribution in [2.45, 2.75) is 31.5 Å². The van der Waals surface area contributed by atoms with E-state index in [1.807, 2.05) is 36.4 Å². The topological polar surface area (TPSA) is 76.2 Å². The van der Waals surface area contributed by atoms with Crippen LogP contribution in [0.15, 0.2) is 53.0 Å². The van der Waals surface area contributed by atoms with E-state index in [0.29, 0.717) is 12.2 Å². The van der Waals surface area contributed by atoms with Crippen molar-refractivity contribution in [3.63, 3.8) is 0 Å². The van der Waals surface area contributed by atoms with Gasteiger partial charge in [-0.05, 0) is 41.8 Å². The number of imide groups is 1. The van der Waals surface area contributed by atoms with Crippen LogP contribution < -0.4 is 4.74 Å². The van der Waals surface area contributed by atoms with Crippen molar-refractivity contribution in [3.05, 3.63) is 64.1 Å². The molecule has 2 heterocycles. The van der Waals surface area contributed by atoms with E-state index < -0.39 is 18.2 Å². The Morgan fingerprint density at radius 2 is 1.77 bits per heavy atom. The molecule has 0 aliphatic carbocycles. The van der Waals surface area contributed by atoms with Gasteiger partial charge in [0.1, 0.15) is 17.9 Å². The average Bonchev–Trinajstić information content (AvgIpc) is 3.13. The maximum Gasteiger partial charge on any atom is 0.411 e. The van der Waals surface area contributed by atoms with Crippen LogP contribution in [0.25, 0.3) is 0 Å². The first-order valence-corrected chi connectivity index (χ1v) is 10.5. The van der Waals surface area contributed by atoms with Crippen molar-refractivity contribution < 1.29 is 23.9 Å². The fraction of sp³-hybridized carbons (Fsp3) is 0.318. The van der Waals surface area contributed by atoms with Crippen LogP contribution in [0.1, 0.15) is 30.1 Å². The summed E-state index contributed by atoms with van der Waals surface area (Å²) in [6.45, 7) is 0.443. The molecule has 2 atom stereocenters. The predicted molar refractivity (Wildman–Crippen MR) is 112 cm³/mol. The molecule has 3 amide bonds. The molecule has 0 saturated carbocycles. The van der Waals surface area contributed by atoms with Crippen LogP contribution >= 0.6 is 15.9 Å². The highest BCUT2D eigenvalue weighted by Gasteiger charge is 2.44. The van der Waals surface area contributed by atoms with Gasteiger partial charge in [0.25, 0.3) is 5.91 Å². The number of nitrogens with zero attached hydrogens (tertiary/aromatic N) is 2. The zero-order valence-electron chi connectivity index (χ0n) is 16.4. The molecular weight excluding hydrogens is 452 g/mol. The van der Waals surface area contributed by atoms with Crippen molar-refractivity contribution in [3.8, 4) is 5.75 Å². The summed E-state index contributed by atoms with van der Waals surface area (Å²) in [4.78, 5) is 40.7. The highest BCUT2D eigenvalue weighted by atomic mass is 79.9. The number of ether oxygens (including phenoxy) is 2. The fourth-order valence-electron chi connectivity index (χ4n) is 3.78. The van der Waals surface area contributed by atoms with Crippen LogP contribution in [0.5, 0.6) is 5.75 Å². The highest BCUT2D eigenvalue weighted by molar-refractivity contribution is 9.10. The summed E-state index contributed by atoms with van der Waals surface area (Å²) in [5, 5.41) is 0. The summed E-state index contributed by atoms with van der Waals surface area (Å²) in [7, 11) is 1.58. The lowest BCUT2D eigenvalue weighted by atomic mass is 10.0. The van der Waals surface area contributed by atoms with Gasteiger partial charge in [-0.25, -0.2) is 4.79 Å². The van der Waals surface area contributed by atoms with Crippen LogP contribution in [-0.2, 0) is 20.9 Å². The Bertz CT molecular complexity index is 960. The monoisotopic (exact) mass is 472 g/mol. The van der Waals surface area contributed by atoms with Gasteiger partial charge in [0.05, 0.1) is 20.2 Å². The molecule has 2 saturated heterocycles. The number of benzene rings is 2. The molecule has 0 spiro atoms. The molecule has 2 aromatic rings. The van der Waals surface area contributed by atoms with Crippen LogP contribution in [0, 0.1) is 0 Å². The molecular formula is C22H21BrN2O5. The number of carbonyl (C=O) groups excluding carboxylic acids is 3. The highest BCUT2D eigenvalue weighted by Crippen LogP contribution is 2.31. The number of carbonyl (C=O) groups is 3. The third-order valence-electron chi connectivity index (χ3n) is 5.44. The summed E-state index contributed by atoms with van der Waals surface area (Å²) in [6, 6.07) is 14.0. The Morgan fingerprint density at radius 3 is 2.43 bits per heavy atom. The van der Waals surface area contributed by atoms with E-state index in [-0.39, 0.29) is 31.3 Å². The Hall–Kier alpha value is -2.87. The Morgan fingerprint density at radius 1 is 1.07 bits per heavy atom. The van der Waals surface area contributed by atoms with Crippen molar-refractivity contribution in [1.29, 1.82) is 0 Å². The molecule has 0 bridgehead atoms. The van der Waals surface area contributed by atoms with Crippen LogP contribution in [0.2, 0.25) is 0 Å². The van der Waals surface area contributed by atoms with Crippen molar-refractivity contribution in [2.75, 3.05) is 13.7 Å². The van der Waals surface area contributed by atoms with E-state index >= 15 is 0 Å². The van der Waals surface area contributed by atoms with Gasteiger partial charge >= 0.3 is 6.09 Å². The van der Waals surface area contributed by atoms with Crippen LogP contribution in [0.4, 0.5) is 4.79 Å². The number of methoxy groups -OCH3 is 1. The van der Waals surface area contributed by atoms with Gasteiger partial charge in [-0.3, -0.25) is 19.4 Å². The quantitative estimate of drug-likeness (QED) is 0.620. The minimum absolute atomic E-state index is 0.164. The standard InChI is InChI=1S/C22H21BrN2O5/c1-29-17-8-2-14(3-9-17)12-25-20(26)11-10-18(21(25)27)24-13-19(30-22(24)28)15-4-6-16(23)7-5-15/h2-9,18-19H,10-13H2,1H3/t18-,19+/m0/s1. The van der Waals surface area contributed by atoms with Gasteiger partial charge in [0, 0.05) is 10.9 Å². The summed E-state index contributed by atoms with van der Waals surface area (Å²) in [5.41, 5.74) is 1.68. The van der Waals surface area contributed by atoms with Gasteiger partial charge in [-0.2, -0.15) is 0 Å². The lowest BCUT2D eigenvalue weighted by molar-refractivity contribution is -0.152. The second kappa shape index (κ2) is 8.47. The maximum absolute atomic E-state index is 13.1. The summed E-state index contributed by atoms with van der Waals surface area (Å²) in [6.07, 6.45) is -0.454. The zero-order chi connectivity index (χ0) is 21.3. The second-order valence-corrected chi connectivity index (χ2v) is 8.21. The first-order chi connectivity index (χ1) is 14.5. The number of hydrogen-bond donors (Lipinski definition) is 0. The molecule has 2 aliphatic rings. The zero-order valence-corrected chi connectivity index (χ0v) is 18.0. The van der Waals surface area contributed by atoms with E-state index in [1.165, 1.54) is 9.80 Å². The minimum Gasteiger partial charge on any atom is -0.497 e. The van der Waals surface area contributed by atoms with Gasteiger partial charge in [-0.15, -0.1) is 0 Å². The van der Waals surface area contributed by atoms with Crippen molar-refractivity contribution >= 4 is 33.8 Å². The van der Waals surface area contributed by atoms with Gasteiger partial charge in [-0.1, -0.05) is 40.2 Å². The molecule has 4 rings (SSSR count). The molecule has 8 heteroatoms. The van der Waals surface area contributed by atoms with Crippen LogP contribution in [-0.4, -0.2) is 47.4 Å². The number of halogens is 1. The number of hydrogen-bond acceptors (Lipinski definition) is 5. The first kappa shape index (κ1) is 20.4. The van der Waals surface area contributed by atoms with E-state index in [0.717, 1.165) is 15.6 Å². The Labute approximate surface area is 182 Å². The summed E-state index contributed by atoms with van der Waals surface area (Å²) < 4.78 is 11.6. The molecule has 2 aromatic carbocycles. The van der Waals surface area contributed by atoms with E-state index in [9.17, 15) is 14.4 Å². The number of cyclic esters (lactones) is 1. The largest absolute Gasteiger partial charge is 0.497 e. The number of likely N-dealkylation sites (tertiary alicyclic amines) is 1. The van der Waals surface area contributed by atoms with Crippen LogP contribution in [0.3, 0.4) is 0 Å². The smallest absolute Gasteiger partial charge is 0.411 e. The van der Waals surface area contributed by atoms with E-state index in [1.54, 1.807) is 19.2 Å². The summed E-state index contributed by atoms with van der Waals surface area (Å²) >= 11 is 3.39. The number of rotatable bonds is 5. The van der Waals surface area contributed by atoms with E-state index in [4.69, 9.17) is 9.47 Å². The fourth-order valence-corrected chi connectivity index (χ4v) is 4.04. The van der Waals surface area contributed by atoms with Gasteiger partial charge < -0.3 is 9.47 Å². The number of piperidine rings is 1. The molecule has 2 aliphatic heterocycles. The molecule has 2 fully saturated rings. The van der Waals surface area contributed by atoms with Gasteiger partial charge in [0.15, 0.2) is 0 Å². The average molecular weight is 473 g/mol. The minimum atomic E-state index is -0.700.